The van der Waals surface area contributed by atoms with Gasteiger partial charge in [-0.15, -0.1) is 0 Å². The molecule has 0 radical (unpaired) electrons. The van der Waals surface area contributed by atoms with Gasteiger partial charge in [0, 0.05) is 17.3 Å². The van der Waals surface area contributed by atoms with Crippen molar-refractivity contribution in [1.82, 2.24) is 4.98 Å². The van der Waals surface area contributed by atoms with Crippen molar-refractivity contribution in [2.75, 3.05) is 0 Å². The summed E-state index contributed by atoms with van der Waals surface area (Å²) in [7, 11) is 0. The molecule has 0 bridgehead atoms. The lowest BCUT2D eigenvalue weighted by molar-refractivity contribution is -0.385. The summed E-state index contributed by atoms with van der Waals surface area (Å²) in [6, 6.07) is 1.70. The molecule has 1 aromatic rings. The highest BCUT2D eigenvalue weighted by Gasteiger charge is 2.27. The maximum absolute atomic E-state index is 10.8. The van der Waals surface area contributed by atoms with Gasteiger partial charge in [0.2, 0.25) is 5.15 Å². The molecule has 96 valence electrons. The van der Waals surface area contributed by atoms with Gasteiger partial charge < -0.3 is 10.2 Å². The highest BCUT2D eigenvalue weighted by Crippen LogP contribution is 2.32. The number of halogens is 1. The Hall–Kier alpha value is -1.75. The van der Waals surface area contributed by atoms with E-state index in [4.69, 9.17) is 16.9 Å². The molecule has 0 fully saturated rings. The first-order valence-electron chi connectivity index (χ1n) is 4.92. The fourth-order valence-electron chi connectivity index (χ4n) is 1.50. The van der Waals surface area contributed by atoms with Crippen molar-refractivity contribution in [2.24, 2.45) is 0 Å². The van der Waals surface area contributed by atoms with Crippen LogP contribution in [0.2, 0.25) is 5.15 Å². The first kappa shape index (κ1) is 14.3. The number of pyridine rings is 1. The van der Waals surface area contributed by atoms with Gasteiger partial charge in [0.05, 0.1) is 23.5 Å². The van der Waals surface area contributed by atoms with Gasteiger partial charge in [0.15, 0.2) is 0 Å². The van der Waals surface area contributed by atoms with E-state index in [-0.39, 0.29) is 22.7 Å². The van der Waals surface area contributed by atoms with Gasteiger partial charge in [0.25, 0.3) is 0 Å². The number of nitro groups is 1. The van der Waals surface area contributed by atoms with Crippen LogP contribution in [0.15, 0.2) is 6.20 Å². The maximum atomic E-state index is 10.8. The predicted molar refractivity (Wildman–Crippen MR) is 61.8 cm³/mol. The van der Waals surface area contributed by atoms with Crippen molar-refractivity contribution in [3.63, 3.8) is 0 Å². The minimum Gasteiger partial charge on any atom is -0.389 e. The molecular weight excluding hydrogens is 262 g/mol. The number of hydrogen-bond acceptors (Lipinski definition) is 6. The zero-order valence-corrected chi connectivity index (χ0v) is 10.1. The summed E-state index contributed by atoms with van der Waals surface area (Å²) >= 11 is 5.59. The van der Waals surface area contributed by atoms with E-state index in [9.17, 15) is 20.3 Å². The zero-order valence-electron chi connectivity index (χ0n) is 9.37. The van der Waals surface area contributed by atoms with Crippen LogP contribution in [0.4, 0.5) is 5.69 Å². The second kappa shape index (κ2) is 5.73. The monoisotopic (exact) mass is 271 g/mol. The van der Waals surface area contributed by atoms with Crippen LogP contribution in [0.25, 0.3) is 0 Å². The van der Waals surface area contributed by atoms with Crippen molar-refractivity contribution in [3.05, 3.63) is 32.6 Å². The van der Waals surface area contributed by atoms with Crippen molar-refractivity contribution in [2.45, 2.75) is 25.6 Å². The SMILES string of the molecule is Cc1c(C(O)C(O)CC#N)cnc(Cl)c1[N+](=O)[O-]. The van der Waals surface area contributed by atoms with E-state index in [1.165, 1.54) is 6.92 Å². The zero-order chi connectivity index (χ0) is 13.9. The number of aliphatic hydroxyl groups excluding tert-OH is 2. The standard InChI is InChI=1S/C10H10ClN3O4/c1-5-6(9(16)7(15)2-3-12)4-13-10(11)8(5)14(17)18/h4,7,9,15-16H,2H2,1H3. The third-order valence-electron chi connectivity index (χ3n) is 2.47. The van der Waals surface area contributed by atoms with Crippen molar-refractivity contribution < 1.29 is 15.1 Å². The van der Waals surface area contributed by atoms with Gasteiger partial charge in [-0.3, -0.25) is 10.1 Å². The Morgan fingerprint density at radius 3 is 2.78 bits per heavy atom. The molecule has 2 unspecified atom stereocenters. The van der Waals surface area contributed by atoms with Crippen LogP contribution < -0.4 is 0 Å². The molecule has 1 heterocycles. The molecule has 0 saturated carbocycles. The van der Waals surface area contributed by atoms with Gasteiger partial charge in [-0.2, -0.15) is 5.26 Å². The smallest absolute Gasteiger partial charge is 0.309 e. The number of nitriles is 1. The van der Waals surface area contributed by atoms with Crippen LogP contribution >= 0.6 is 11.6 Å². The lowest BCUT2D eigenvalue weighted by Gasteiger charge is -2.17. The highest BCUT2D eigenvalue weighted by atomic mass is 35.5. The quantitative estimate of drug-likeness (QED) is 0.483. The van der Waals surface area contributed by atoms with E-state index in [0.29, 0.717) is 0 Å². The molecular formula is C10H10ClN3O4. The largest absolute Gasteiger partial charge is 0.389 e. The minimum absolute atomic E-state index is 0.0776. The van der Waals surface area contributed by atoms with Gasteiger partial charge in [-0.25, -0.2) is 4.98 Å². The lowest BCUT2D eigenvalue weighted by Crippen LogP contribution is -2.19. The number of aromatic nitrogens is 1. The molecule has 0 aliphatic carbocycles. The molecule has 0 saturated heterocycles. The predicted octanol–water partition coefficient (Wildman–Crippen LogP) is 1.26. The third-order valence-corrected chi connectivity index (χ3v) is 2.74. The summed E-state index contributed by atoms with van der Waals surface area (Å²) in [6.45, 7) is 1.39. The van der Waals surface area contributed by atoms with Crippen LogP contribution in [0, 0.1) is 28.4 Å². The lowest BCUT2D eigenvalue weighted by atomic mass is 9.99. The Morgan fingerprint density at radius 1 is 1.67 bits per heavy atom. The number of hydrogen-bond donors (Lipinski definition) is 2. The molecule has 1 rings (SSSR count). The summed E-state index contributed by atoms with van der Waals surface area (Å²) in [5.74, 6) is 0. The Kier molecular flexibility index (Phi) is 4.55. The summed E-state index contributed by atoms with van der Waals surface area (Å²) in [6.07, 6.45) is -1.91. The summed E-state index contributed by atoms with van der Waals surface area (Å²) in [5, 5.41) is 38.2. The normalized spacial score (nSPS) is 13.7. The van der Waals surface area contributed by atoms with Gasteiger partial charge in [-0.05, 0) is 6.92 Å². The average molecular weight is 272 g/mol. The van der Waals surface area contributed by atoms with Gasteiger partial charge >= 0.3 is 5.69 Å². The van der Waals surface area contributed by atoms with Crippen LogP contribution in [-0.4, -0.2) is 26.2 Å². The fraction of sp³-hybridized carbons (Fsp3) is 0.400. The average Bonchev–Trinajstić information content (AvgIpc) is 2.28. The molecule has 2 atom stereocenters. The van der Waals surface area contributed by atoms with Gasteiger partial charge in [0.1, 0.15) is 6.10 Å². The molecule has 0 aliphatic rings. The second-order valence-electron chi connectivity index (χ2n) is 3.61. The summed E-state index contributed by atoms with van der Waals surface area (Å²) in [4.78, 5) is 13.7. The first-order valence-corrected chi connectivity index (χ1v) is 5.30. The minimum atomic E-state index is -1.42. The third kappa shape index (κ3) is 2.73. The maximum Gasteiger partial charge on any atom is 0.309 e. The molecule has 0 amide bonds. The first-order chi connectivity index (χ1) is 8.40. The molecule has 7 nitrogen and oxygen atoms in total. The van der Waals surface area contributed by atoms with E-state index < -0.39 is 22.8 Å². The van der Waals surface area contributed by atoms with Gasteiger partial charge in [-0.1, -0.05) is 11.6 Å². The van der Waals surface area contributed by atoms with Crippen molar-refractivity contribution >= 4 is 17.3 Å². The van der Waals surface area contributed by atoms with Crippen molar-refractivity contribution in [3.8, 4) is 6.07 Å². The van der Waals surface area contributed by atoms with Crippen LogP contribution in [0.1, 0.15) is 23.7 Å². The molecule has 1 aromatic heterocycles. The molecule has 0 aliphatic heterocycles. The Balaban J connectivity index is 3.23. The van der Waals surface area contributed by atoms with E-state index in [2.05, 4.69) is 4.98 Å². The van der Waals surface area contributed by atoms with Crippen LogP contribution in [-0.2, 0) is 0 Å². The number of aliphatic hydroxyl groups is 2. The second-order valence-corrected chi connectivity index (χ2v) is 3.97. The van der Waals surface area contributed by atoms with Crippen LogP contribution in [0.3, 0.4) is 0 Å². The van der Waals surface area contributed by atoms with Crippen LogP contribution in [0.5, 0.6) is 0 Å². The van der Waals surface area contributed by atoms with E-state index in [1.54, 1.807) is 6.07 Å². The number of nitrogens with zero attached hydrogens (tertiary/aromatic N) is 3. The Labute approximate surface area is 107 Å². The molecule has 0 aromatic carbocycles. The topological polar surface area (TPSA) is 120 Å². The summed E-state index contributed by atoms with van der Waals surface area (Å²) in [5.41, 5.74) is -0.226. The van der Waals surface area contributed by atoms with E-state index in [0.717, 1.165) is 6.20 Å². The van der Waals surface area contributed by atoms with Crippen molar-refractivity contribution in [1.29, 1.82) is 5.26 Å². The Bertz CT molecular complexity index is 515. The van der Waals surface area contributed by atoms with E-state index in [1.807, 2.05) is 0 Å². The molecule has 18 heavy (non-hydrogen) atoms. The fourth-order valence-corrected chi connectivity index (χ4v) is 1.76. The molecule has 8 heteroatoms. The number of rotatable bonds is 4. The molecule has 2 N–H and O–H groups in total. The van der Waals surface area contributed by atoms with E-state index >= 15 is 0 Å². The summed E-state index contributed by atoms with van der Waals surface area (Å²) < 4.78 is 0. The Morgan fingerprint density at radius 2 is 2.28 bits per heavy atom. The highest BCUT2D eigenvalue weighted by molar-refractivity contribution is 6.31. The molecule has 0 spiro atoms.